The van der Waals surface area contributed by atoms with Crippen molar-refractivity contribution in [2.75, 3.05) is 4.90 Å². The van der Waals surface area contributed by atoms with Crippen LogP contribution in [0.2, 0.25) is 0 Å². The second-order valence-electron chi connectivity index (χ2n) is 15.1. The maximum atomic E-state index is 16.0. The summed E-state index contributed by atoms with van der Waals surface area (Å²) in [6.45, 7) is 12.5. The molecule has 282 valence electrons. The Morgan fingerprint density at radius 2 is 1.49 bits per heavy atom. The first kappa shape index (κ1) is 37.7. The van der Waals surface area contributed by atoms with E-state index in [1.807, 2.05) is 48.3 Å². The third kappa shape index (κ3) is 7.17. The number of aromatic nitrogens is 4. The van der Waals surface area contributed by atoms with Crippen LogP contribution >= 0.6 is 35.7 Å². The number of fused-ring (bicyclic) bond motifs is 2. The lowest BCUT2D eigenvalue weighted by molar-refractivity contribution is 0.411. The molecule has 10 heteroatoms. The van der Waals surface area contributed by atoms with Crippen LogP contribution in [0.3, 0.4) is 0 Å². The Morgan fingerprint density at radius 1 is 0.836 bits per heavy atom. The lowest BCUT2D eigenvalue weighted by Crippen LogP contribution is -2.36. The molecule has 3 heterocycles. The fourth-order valence-corrected chi connectivity index (χ4v) is 10.2. The van der Waals surface area contributed by atoms with Gasteiger partial charge in [0.05, 0.1) is 45.7 Å². The van der Waals surface area contributed by atoms with E-state index < -0.39 is 4.75 Å². The molecule has 1 aliphatic heterocycles. The number of hydrogen-bond acceptors (Lipinski definition) is 8. The SMILES string of the molecule is Cc1cc(C)c(-n2nc(Sc3ccccc3)nc2-c2c(C(C)(SF)C(C)C)cc(Sc3ccccc3)c3c2Oc2cnccc2N3C2CCCCC2)c(C)c1. The summed E-state index contributed by atoms with van der Waals surface area (Å²) in [5.41, 5.74) is 7.84. The summed E-state index contributed by atoms with van der Waals surface area (Å²) in [6, 6.07) is 29.6. The van der Waals surface area contributed by atoms with Gasteiger partial charge in [0.25, 0.3) is 0 Å². The van der Waals surface area contributed by atoms with Crippen molar-refractivity contribution in [1.29, 1.82) is 0 Å². The zero-order chi connectivity index (χ0) is 38.3. The molecule has 8 rings (SSSR count). The van der Waals surface area contributed by atoms with E-state index in [-0.39, 0.29) is 12.0 Å². The zero-order valence-electron chi connectivity index (χ0n) is 32.2. The molecular weight excluding hydrogens is 742 g/mol. The van der Waals surface area contributed by atoms with Gasteiger partial charge in [-0.1, -0.05) is 99.0 Å². The standard InChI is InChI=1S/C45H46FN5OS3/c1-28(2)45(6,55-46)35-26-38(53-33-18-12-8-13-19-33)41-42(52-37-27-47-23-22-36(37)50(41)32-16-10-7-11-17-32)39(35)43-48-44(54-34-20-14-9-15-21-34)49-51(43)40-30(4)24-29(3)25-31(40)5/h8-9,12-15,18-28,32H,7,10-11,16-17H2,1-6H3. The van der Waals surface area contributed by atoms with Crippen LogP contribution in [0.1, 0.15) is 75.1 Å². The van der Waals surface area contributed by atoms with Crippen molar-refractivity contribution in [1.82, 2.24) is 19.7 Å². The van der Waals surface area contributed by atoms with Gasteiger partial charge in [0, 0.05) is 26.9 Å². The molecule has 6 nitrogen and oxygen atoms in total. The first-order valence-corrected chi connectivity index (χ1v) is 21.4. The molecule has 0 amide bonds. The highest BCUT2D eigenvalue weighted by Gasteiger charge is 2.43. The number of benzene rings is 4. The molecule has 0 saturated heterocycles. The number of anilines is 2. The summed E-state index contributed by atoms with van der Waals surface area (Å²) >= 11 is 3.61. The number of pyridine rings is 1. The largest absolute Gasteiger partial charge is 0.451 e. The van der Waals surface area contributed by atoms with Crippen LogP contribution in [0.5, 0.6) is 11.5 Å². The molecule has 6 aromatic rings. The molecule has 1 saturated carbocycles. The number of rotatable bonds is 10. The van der Waals surface area contributed by atoms with Crippen molar-refractivity contribution in [2.45, 2.75) is 104 Å². The normalized spacial score (nSPS) is 15.4. The minimum absolute atomic E-state index is 0.0850. The monoisotopic (exact) mass is 787 g/mol. The molecule has 1 atom stereocenters. The van der Waals surface area contributed by atoms with Crippen LogP contribution in [-0.4, -0.2) is 25.8 Å². The topological polar surface area (TPSA) is 56.1 Å². The number of hydrogen-bond donors (Lipinski definition) is 0. The van der Waals surface area contributed by atoms with Crippen LogP contribution in [0.15, 0.2) is 117 Å². The summed E-state index contributed by atoms with van der Waals surface area (Å²) < 4.78 is 24.2. The van der Waals surface area contributed by atoms with Crippen molar-refractivity contribution in [3.05, 3.63) is 120 Å². The molecule has 55 heavy (non-hydrogen) atoms. The van der Waals surface area contributed by atoms with Gasteiger partial charge in [-0.3, -0.25) is 4.98 Å². The lowest BCUT2D eigenvalue weighted by atomic mass is 9.84. The minimum Gasteiger partial charge on any atom is -0.451 e. The van der Waals surface area contributed by atoms with E-state index in [2.05, 4.69) is 105 Å². The molecule has 2 aliphatic rings. The van der Waals surface area contributed by atoms with E-state index >= 15 is 3.89 Å². The van der Waals surface area contributed by atoms with Crippen LogP contribution in [-0.2, 0) is 4.75 Å². The van der Waals surface area contributed by atoms with Crippen molar-refractivity contribution in [3.63, 3.8) is 0 Å². The number of halogens is 1. The fourth-order valence-electron chi connectivity index (χ4n) is 8.05. The average molecular weight is 788 g/mol. The maximum absolute atomic E-state index is 16.0. The quantitative estimate of drug-likeness (QED) is 0.136. The maximum Gasteiger partial charge on any atom is 0.214 e. The van der Waals surface area contributed by atoms with E-state index in [0.717, 1.165) is 79.7 Å². The lowest BCUT2D eigenvalue weighted by Gasteiger charge is -2.43. The predicted octanol–water partition coefficient (Wildman–Crippen LogP) is 13.6. The summed E-state index contributed by atoms with van der Waals surface area (Å²) in [5, 5.41) is 5.87. The first-order valence-electron chi connectivity index (χ1n) is 19.1. The highest BCUT2D eigenvalue weighted by Crippen LogP contribution is 2.61. The minimum atomic E-state index is -0.967. The van der Waals surface area contributed by atoms with Crippen molar-refractivity contribution in [2.24, 2.45) is 5.92 Å². The Kier molecular flexibility index (Phi) is 10.8. The molecule has 2 aromatic heterocycles. The average Bonchev–Trinajstić information content (AvgIpc) is 3.59. The Labute approximate surface area is 337 Å². The smallest absolute Gasteiger partial charge is 0.214 e. The van der Waals surface area contributed by atoms with Gasteiger partial charge in [-0.15, -0.1) is 5.10 Å². The van der Waals surface area contributed by atoms with Crippen molar-refractivity contribution >= 4 is 47.0 Å². The predicted molar refractivity (Wildman–Crippen MR) is 226 cm³/mol. The molecular formula is C45H46FN5OS3. The van der Waals surface area contributed by atoms with E-state index in [0.29, 0.717) is 34.6 Å². The second kappa shape index (κ2) is 15.7. The molecule has 0 spiro atoms. The Hall–Kier alpha value is -4.25. The third-order valence-corrected chi connectivity index (χ3v) is 13.9. The molecule has 1 fully saturated rings. The zero-order valence-corrected chi connectivity index (χ0v) is 34.6. The van der Waals surface area contributed by atoms with E-state index in [1.54, 1.807) is 11.8 Å². The molecule has 0 bridgehead atoms. The van der Waals surface area contributed by atoms with Gasteiger partial charge in [-0.2, -0.15) is 3.89 Å². The van der Waals surface area contributed by atoms with Gasteiger partial charge in [0.2, 0.25) is 5.16 Å². The highest BCUT2D eigenvalue weighted by atomic mass is 32.2. The van der Waals surface area contributed by atoms with Gasteiger partial charge >= 0.3 is 0 Å². The van der Waals surface area contributed by atoms with Crippen LogP contribution in [0.4, 0.5) is 15.3 Å². The number of ether oxygens (including phenoxy) is 1. The Balaban J connectivity index is 1.49. The van der Waals surface area contributed by atoms with Gasteiger partial charge in [-0.25, -0.2) is 9.67 Å². The van der Waals surface area contributed by atoms with Gasteiger partial charge in [0.15, 0.2) is 17.3 Å². The number of aryl methyl sites for hydroxylation is 3. The van der Waals surface area contributed by atoms with Crippen LogP contribution < -0.4 is 9.64 Å². The van der Waals surface area contributed by atoms with Crippen molar-refractivity contribution < 1.29 is 8.62 Å². The molecule has 0 radical (unpaired) electrons. The summed E-state index contributed by atoms with van der Waals surface area (Å²) in [4.78, 5) is 15.6. The molecule has 1 aliphatic carbocycles. The molecule has 0 N–H and O–H groups in total. The van der Waals surface area contributed by atoms with Crippen LogP contribution in [0.25, 0.3) is 17.1 Å². The summed E-state index contributed by atoms with van der Waals surface area (Å²) in [6.07, 6.45) is 9.34. The first-order chi connectivity index (χ1) is 26.7. The number of nitrogens with zero attached hydrogens (tertiary/aromatic N) is 5. The van der Waals surface area contributed by atoms with E-state index in [1.165, 1.54) is 23.7 Å². The van der Waals surface area contributed by atoms with Crippen molar-refractivity contribution in [3.8, 4) is 28.6 Å². The highest BCUT2D eigenvalue weighted by molar-refractivity contribution is 7.99. The third-order valence-electron chi connectivity index (χ3n) is 11.0. The van der Waals surface area contributed by atoms with Gasteiger partial charge < -0.3 is 9.64 Å². The van der Waals surface area contributed by atoms with Crippen LogP contribution in [0, 0.1) is 26.7 Å². The van der Waals surface area contributed by atoms with Gasteiger partial charge in [-0.05, 0) is 111 Å². The van der Waals surface area contributed by atoms with Gasteiger partial charge in [0.1, 0.15) is 0 Å². The second-order valence-corrected chi connectivity index (χ2v) is 18.3. The summed E-state index contributed by atoms with van der Waals surface area (Å²) in [7, 11) is 0. The summed E-state index contributed by atoms with van der Waals surface area (Å²) in [5.74, 6) is 1.88. The fraction of sp³-hybridized carbons (Fsp3) is 0.311. The Morgan fingerprint density at radius 3 is 2.13 bits per heavy atom. The Bertz CT molecular complexity index is 2300. The molecule has 1 unspecified atom stereocenters. The molecule has 4 aromatic carbocycles. The van der Waals surface area contributed by atoms with E-state index in [9.17, 15) is 0 Å². The van der Waals surface area contributed by atoms with E-state index in [4.69, 9.17) is 14.8 Å².